The lowest BCUT2D eigenvalue weighted by atomic mass is 9.79. The van der Waals surface area contributed by atoms with Crippen LogP contribution in [0.4, 0.5) is 5.69 Å². The van der Waals surface area contributed by atoms with E-state index in [-0.39, 0.29) is 29.4 Å². The molecule has 2 aliphatic rings. The third-order valence-corrected chi connectivity index (χ3v) is 6.89. The summed E-state index contributed by atoms with van der Waals surface area (Å²) < 4.78 is 0. The monoisotopic (exact) mass is 413 g/mol. The Morgan fingerprint density at radius 2 is 1.93 bits per heavy atom. The van der Waals surface area contributed by atoms with Gasteiger partial charge in [0.2, 0.25) is 5.91 Å². The van der Waals surface area contributed by atoms with Gasteiger partial charge in [0.25, 0.3) is 0 Å². The number of thiophene rings is 1. The summed E-state index contributed by atoms with van der Waals surface area (Å²) in [5, 5.41) is 12.0. The number of rotatable bonds is 3. The van der Waals surface area contributed by atoms with Crippen molar-refractivity contribution >= 4 is 22.9 Å². The van der Waals surface area contributed by atoms with Crippen molar-refractivity contribution in [2.45, 2.75) is 85.3 Å². The maximum Gasteiger partial charge on any atom is 0.230 e. The highest BCUT2D eigenvalue weighted by Gasteiger charge is 2.36. The number of hydrogen-bond donors (Lipinski definition) is 1. The van der Waals surface area contributed by atoms with Gasteiger partial charge in [-0.2, -0.15) is 0 Å². The van der Waals surface area contributed by atoms with Gasteiger partial charge < -0.3 is 10.0 Å². The summed E-state index contributed by atoms with van der Waals surface area (Å²) in [6, 6.07) is 2.25. The lowest BCUT2D eigenvalue weighted by molar-refractivity contribution is -0.124. The number of allylic oxidation sites excluding steroid dienone is 2. The largest absolute Gasteiger partial charge is 0.393 e. The van der Waals surface area contributed by atoms with Crippen LogP contribution in [0.15, 0.2) is 23.1 Å². The normalized spacial score (nSPS) is 27.6. The third kappa shape index (κ3) is 5.74. The maximum atomic E-state index is 13.7. The molecule has 1 amide bonds. The van der Waals surface area contributed by atoms with Gasteiger partial charge >= 0.3 is 0 Å². The highest BCUT2D eigenvalue weighted by Crippen LogP contribution is 2.36. The van der Waals surface area contributed by atoms with E-state index in [0.717, 1.165) is 49.1 Å². The van der Waals surface area contributed by atoms with Gasteiger partial charge in [-0.15, -0.1) is 11.3 Å². The summed E-state index contributed by atoms with van der Waals surface area (Å²) in [4.78, 5) is 16.8. The van der Waals surface area contributed by atoms with Crippen LogP contribution in [0.2, 0.25) is 0 Å². The minimum Gasteiger partial charge on any atom is -0.393 e. The number of carbonyl (C=O) groups excluding carboxylic acids is 1. The third-order valence-electron chi connectivity index (χ3n) is 6.06. The Kier molecular flexibility index (Phi) is 6.91. The summed E-state index contributed by atoms with van der Waals surface area (Å²) >= 11 is 1.62. The first-order valence-corrected chi connectivity index (χ1v) is 11.8. The van der Waals surface area contributed by atoms with Crippen molar-refractivity contribution in [1.29, 1.82) is 0 Å². The van der Waals surface area contributed by atoms with Crippen LogP contribution in [0.1, 0.15) is 78.0 Å². The molecule has 2 atom stereocenters. The fraction of sp³-hybridized carbons (Fsp3) is 0.640. The standard InChI is InChI=1S/C25H35NO2S/c1-17-6-11-23(18(2)14-17)24(28)26(19-7-9-21(27)10-8-19)20-15-22(29-16-20)12-13-25(3,4)5/h6,15-16,18-19,21,23,27H,7-11,14H2,1-5H3/t18-,19-,21-,23?/m0/s1. The number of hydrogen-bond acceptors (Lipinski definition) is 3. The van der Waals surface area contributed by atoms with E-state index in [1.807, 2.05) is 0 Å². The van der Waals surface area contributed by atoms with Crippen molar-refractivity contribution in [2.24, 2.45) is 17.3 Å². The Balaban J connectivity index is 1.88. The number of carbonyl (C=O) groups is 1. The molecule has 0 saturated heterocycles. The molecule has 0 spiro atoms. The van der Waals surface area contributed by atoms with Gasteiger partial charge in [-0.05, 0) is 78.2 Å². The van der Waals surface area contributed by atoms with E-state index in [0.29, 0.717) is 5.92 Å². The van der Waals surface area contributed by atoms with Crippen LogP contribution in [-0.4, -0.2) is 23.2 Å². The summed E-state index contributed by atoms with van der Waals surface area (Å²) in [6.45, 7) is 10.7. The highest BCUT2D eigenvalue weighted by molar-refractivity contribution is 7.11. The van der Waals surface area contributed by atoms with E-state index in [1.165, 1.54) is 5.57 Å². The Morgan fingerprint density at radius 1 is 1.24 bits per heavy atom. The molecule has 4 heteroatoms. The molecule has 1 aromatic heterocycles. The second-order valence-corrected chi connectivity index (χ2v) is 10.8. The lowest BCUT2D eigenvalue weighted by Crippen LogP contribution is -2.47. The fourth-order valence-corrected chi connectivity index (χ4v) is 5.15. The number of anilines is 1. The summed E-state index contributed by atoms with van der Waals surface area (Å²) in [5.74, 6) is 7.23. The van der Waals surface area contributed by atoms with E-state index in [1.54, 1.807) is 11.3 Å². The second kappa shape index (κ2) is 9.06. The van der Waals surface area contributed by atoms with Gasteiger partial charge in [-0.25, -0.2) is 0 Å². The smallest absolute Gasteiger partial charge is 0.230 e. The fourth-order valence-electron chi connectivity index (χ4n) is 4.42. The van der Waals surface area contributed by atoms with E-state index >= 15 is 0 Å². The molecule has 0 bridgehead atoms. The number of nitrogens with zero attached hydrogens (tertiary/aromatic N) is 1. The molecule has 1 heterocycles. The molecule has 3 nitrogen and oxygen atoms in total. The zero-order valence-electron chi connectivity index (χ0n) is 18.5. The highest BCUT2D eigenvalue weighted by atomic mass is 32.1. The van der Waals surface area contributed by atoms with Crippen molar-refractivity contribution in [3.63, 3.8) is 0 Å². The molecule has 1 fully saturated rings. The Bertz CT molecular complexity index is 812. The van der Waals surface area contributed by atoms with Crippen LogP contribution in [-0.2, 0) is 4.79 Å². The SMILES string of the molecule is CC1=CCC(C(=O)N(c2csc(C#CC(C)(C)C)c2)[C@H]2CC[C@H](O)CC2)[C@@H](C)C1. The number of aliphatic hydroxyl groups excluding tert-OH is 1. The molecular weight excluding hydrogens is 378 g/mol. The average Bonchev–Trinajstić information content (AvgIpc) is 3.10. The molecule has 1 unspecified atom stereocenters. The molecule has 29 heavy (non-hydrogen) atoms. The summed E-state index contributed by atoms with van der Waals surface area (Å²) in [5.41, 5.74) is 2.34. The predicted octanol–water partition coefficient (Wildman–Crippen LogP) is 5.77. The minimum atomic E-state index is -0.224. The number of amides is 1. The Labute approximate surface area is 180 Å². The predicted molar refractivity (Wildman–Crippen MR) is 122 cm³/mol. The minimum absolute atomic E-state index is 0.0366. The molecule has 0 aliphatic heterocycles. The van der Waals surface area contributed by atoms with Gasteiger partial charge in [-0.1, -0.05) is 30.4 Å². The van der Waals surface area contributed by atoms with E-state index < -0.39 is 0 Å². The topological polar surface area (TPSA) is 40.5 Å². The Hall–Kier alpha value is -1.57. The van der Waals surface area contributed by atoms with Gasteiger partial charge in [-0.3, -0.25) is 4.79 Å². The van der Waals surface area contributed by atoms with Gasteiger partial charge in [0.1, 0.15) is 0 Å². The van der Waals surface area contributed by atoms with Crippen LogP contribution >= 0.6 is 11.3 Å². The van der Waals surface area contributed by atoms with Crippen LogP contribution in [0.5, 0.6) is 0 Å². The van der Waals surface area contributed by atoms with Crippen LogP contribution in [0, 0.1) is 29.1 Å². The van der Waals surface area contributed by atoms with Crippen molar-refractivity contribution in [3.8, 4) is 11.8 Å². The summed E-state index contributed by atoms with van der Waals surface area (Å²) in [6.07, 6.45) is 7.11. The van der Waals surface area contributed by atoms with Crippen molar-refractivity contribution in [2.75, 3.05) is 4.90 Å². The van der Waals surface area contributed by atoms with E-state index in [2.05, 4.69) is 68.9 Å². The quantitative estimate of drug-likeness (QED) is 0.504. The zero-order chi connectivity index (χ0) is 21.2. The van der Waals surface area contributed by atoms with Gasteiger partial charge in [0.05, 0.1) is 16.7 Å². The van der Waals surface area contributed by atoms with Gasteiger partial charge in [0.15, 0.2) is 0 Å². The van der Waals surface area contributed by atoms with E-state index in [4.69, 9.17) is 0 Å². The lowest BCUT2D eigenvalue weighted by Gasteiger charge is -2.39. The molecule has 0 radical (unpaired) electrons. The van der Waals surface area contributed by atoms with Crippen LogP contribution in [0.25, 0.3) is 0 Å². The summed E-state index contributed by atoms with van der Waals surface area (Å²) in [7, 11) is 0. The molecule has 1 aromatic rings. The second-order valence-electron chi connectivity index (χ2n) is 9.91. The molecule has 1 saturated carbocycles. The van der Waals surface area contributed by atoms with Crippen LogP contribution < -0.4 is 4.90 Å². The Morgan fingerprint density at radius 3 is 2.55 bits per heavy atom. The van der Waals surface area contributed by atoms with Crippen molar-refractivity contribution in [3.05, 3.63) is 28.0 Å². The molecule has 2 aliphatic carbocycles. The van der Waals surface area contributed by atoms with Crippen LogP contribution in [0.3, 0.4) is 0 Å². The molecular formula is C25H35NO2S. The average molecular weight is 414 g/mol. The first-order valence-electron chi connectivity index (χ1n) is 10.9. The molecule has 1 N–H and O–H groups in total. The van der Waals surface area contributed by atoms with E-state index in [9.17, 15) is 9.90 Å². The number of aliphatic hydroxyl groups is 1. The molecule has 3 rings (SSSR count). The molecule has 0 aromatic carbocycles. The first kappa shape index (κ1) is 22.1. The zero-order valence-corrected chi connectivity index (χ0v) is 19.3. The van der Waals surface area contributed by atoms with Crippen molar-refractivity contribution in [1.82, 2.24) is 0 Å². The maximum absolute atomic E-state index is 13.7. The van der Waals surface area contributed by atoms with Crippen molar-refractivity contribution < 1.29 is 9.90 Å². The molecule has 158 valence electrons. The first-order chi connectivity index (χ1) is 13.6. The van der Waals surface area contributed by atoms with Gasteiger partial charge in [0, 0.05) is 22.8 Å².